The summed E-state index contributed by atoms with van der Waals surface area (Å²) >= 11 is 13.8. The first-order valence-electron chi connectivity index (χ1n) is 8.47. The zero-order chi connectivity index (χ0) is 21.4. The molecule has 0 radical (unpaired) electrons. The van der Waals surface area contributed by atoms with Gasteiger partial charge in [0, 0.05) is 20.2 Å². The summed E-state index contributed by atoms with van der Waals surface area (Å²) < 4.78 is 12.6. The van der Waals surface area contributed by atoms with Crippen LogP contribution in [0.2, 0.25) is 0 Å². The van der Waals surface area contributed by atoms with Crippen molar-refractivity contribution in [3.05, 3.63) is 55.4 Å². The Morgan fingerprint density at radius 1 is 1.10 bits per heavy atom. The van der Waals surface area contributed by atoms with Crippen LogP contribution in [0.3, 0.4) is 0 Å². The van der Waals surface area contributed by atoms with Crippen LogP contribution in [0.15, 0.2) is 49.8 Å². The molecule has 0 unspecified atom stereocenters. The Balaban J connectivity index is 2.12. The van der Waals surface area contributed by atoms with E-state index in [9.17, 15) is 14.7 Å². The van der Waals surface area contributed by atoms with Gasteiger partial charge in [-0.3, -0.25) is 10.1 Å². The highest BCUT2D eigenvalue weighted by Gasteiger charge is 2.22. The molecule has 0 aromatic heterocycles. The maximum absolute atomic E-state index is 12.4. The zero-order valence-electron chi connectivity index (χ0n) is 15.0. The number of carbonyl (C=O) groups is 2. The molecule has 0 saturated carbocycles. The van der Waals surface area contributed by atoms with Gasteiger partial charge in [-0.05, 0) is 65.2 Å². The van der Waals surface area contributed by atoms with Crippen LogP contribution in [0.25, 0.3) is 0 Å². The quantitative estimate of drug-likeness (QED) is 0.187. The number of phenols is 1. The highest BCUT2D eigenvalue weighted by Crippen LogP contribution is 2.38. The lowest BCUT2D eigenvalue weighted by atomic mass is 10.0. The van der Waals surface area contributed by atoms with E-state index >= 15 is 0 Å². The minimum absolute atomic E-state index is 0.00507. The molecule has 1 amide bonds. The molecule has 2 aromatic rings. The molecule has 10 heteroatoms. The molecule has 29 heavy (non-hydrogen) atoms. The van der Waals surface area contributed by atoms with Crippen molar-refractivity contribution in [3.8, 4) is 5.75 Å². The van der Waals surface area contributed by atoms with E-state index in [2.05, 4.69) is 65.7 Å². The molecule has 0 aliphatic heterocycles. The van der Waals surface area contributed by atoms with Crippen molar-refractivity contribution >= 4 is 78.2 Å². The molecule has 0 saturated heterocycles. The number of halogens is 3. The van der Waals surface area contributed by atoms with E-state index in [-0.39, 0.29) is 18.1 Å². The van der Waals surface area contributed by atoms with Gasteiger partial charge in [-0.2, -0.15) is 12.6 Å². The van der Waals surface area contributed by atoms with Crippen molar-refractivity contribution < 1.29 is 24.2 Å². The SMILES string of the molecule is O=C(CS)OCCC[C@@H](OC(=O)Nc1ccc(Br)cc1)c1cc(Br)cc(Br)c1O. The number of anilines is 1. The summed E-state index contributed by atoms with van der Waals surface area (Å²) in [5.74, 6) is -0.455. The molecular formula is C19H18Br3NO5S. The molecule has 6 nitrogen and oxygen atoms in total. The van der Waals surface area contributed by atoms with Crippen molar-refractivity contribution in [1.82, 2.24) is 0 Å². The van der Waals surface area contributed by atoms with E-state index in [1.165, 1.54) is 0 Å². The van der Waals surface area contributed by atoms with Crippen LogP contribution in [0.1, 0.15) is 24.5 Å². The van der Waals surface area contributed by atoms with E-state index < -0.39 is 18.2 Å². The van der Waals surface area contributed by atoms with Gasteiger partial charge < -0.3 is 14.6 Å². The number of amides is 1. The van der Waals surface area contributed by atoms with Gasteiger partial charge in [-0.25, -0.2) is 4.79 Å². The Morgan fingerprint density at radius 2 is 1.79 bits per heavy atom. The van der Waals surface area contributed by atoms with E-state index in [0.717, 1.165) is 4.47 Å². The van der Waals surface area contributed by atoms with E-state index in [4.69, 9.17) is 9.47 Å². The van der Waals surface area contributed by atoms with E-state index in [1.54, 1.807) is 36.4 Å². The second kappa shape index (κ2) is 11.8. The third-order valence-electron chi connectivity index (χ3n) is 3.75. The lowest BCUT2D eigenvalue weighted by Crippen LogP contribution is -2.18. The fraction of sp³-hybridized carbons (Fsp3) is 0.263. The number of esters is 1. The van der Waals surface area contributed by atoms with Crippen LogP contribution in [0.4, 0.5) is 10.5 Å². The molecule has 0 aliphatic carbocycles. The highest BCUT2D eigenvalue weighted by atomic mass is 79.9. The van der Waals surface area contributed by atoms with Gasteiger partial charge in [-0.1, -0.05) is 31.9 Å². The van der Waals surface area contributed by atoms with Crippen molar-refractivity contribution in [2.45, 2.75) is 18.9 Å². The van der Waals surface area contributed by atoms with Gasteiger partial charge in [0.25, 0.3) is 0 Å². The predicted molar refractivity (Wildman–Crippen MR) is 125 cm³/mol. The van der Waals surface area contributed by atoms with Crippen LogP contribution in [-0.4, -0.2) is 29.5 Å². The second-order valence-corrected chi connectivity index (χ2v) is 8.87. The maximum Gasteiger partial charge on any atom is 0.412 e. The number of hydrogen-bond donors (Lipinski definition) is 3. The number of hydrogen-bond acceptors (Lipinski definition) is 6. The average Bonchev–Trinajstić information content (AvgIpc) is 2.68. The summed E-state index contributed by atoms with van der Waals surface area (Å²) in [6, 6.07) is 10.4. The van der Waals surface area contributed by atoms with E-state index in [0.29, 0.717) is 33.0 Å². The molecule has 2 N–H and O–H groups in total. The Labute approximate surface area is 199 Å². The number of rotatable bonds is 8. The van der Waals surface area contributed by atoms with E-state index in [1.807, 2.05) is 0 Å². The molecule has 0 fully saturated rings. The molecule has 0 spiro atoms. The Morgan fingerprint density at radius 3 is 2.45 bits per heavy atom. The highest BCUT2D eigenvalue weighted by molar-refractivity contribution is 9.11. The summed E-state index contributed by atoms with van der Waals surface area (Å²) in [4.78, 5) is 23.6. The van der Waals surface area contributed by atoms with Gasteiger partial charge in [0.2, 0.25) is 0 Å². The minimum Gasteiger partial charge on any atom is -0.506 e. The molecule has 156 valence electrons. The lowest BCUT2D eigenvalue weighted by Gasteiger charge is -2.20. The van der Waals surface area contributed by atoms with Gasteiger partial charge in [0.05, 0.1) is 16.8 Å². The largest absolute Gasteiger partial charge is 0.506 e. The van der Waals surface area contributed by atoms with Crippen LogP contribution in [-0.2, 0) is 14.3 Å². The van der Waals surface area contributed by atoms with Crippen LogP contribution in [0, 0.1) is 0 Å². The first-order chi connectivity index (χ1) is 13.8. The Hall–Kier alpha value is -1.23. The first kappa shape index (κ1) is 24.0. The molecular weight excluding hydrogens is 594 g/mol. The topological polar surface area (TPSA) is 84.9 Å². The number of carbonyl (C=O) groups excluding carboxylic acids is 2. The van der Waals surface area contributed by atoms with Gasteiger partial charge in [0.15, 0.2) is 0 Å². The van der Waals surface area contributed by atoms with Crippen LogP contribution < -0.4 is 5.32 Å². The molecule has 0 heterocycles. The van der Waals surface area contributed by atoms with Crippen molar-refractivity contribution in [1.29, 1.82) is 0 Å². The summed E-state index contributed by atoms with van der Waals surface area (Å²) in [6.07, 6.45) is -0.655. The maximum atomic E-state index is 12.4. The number of benzene rings is 2. The molecule has 1 atom stereocenters. The van der Waals surface area contributed by atoms with Crippen LogP contribution in [0.5, 0.6) is 5.75 Å². The number of phenolic OH excluding ortho intramolecular Hbond substituents is 1. The fourth-order valence-electron chi connectivity index (χ4n) is 2.42. The summed E-state index contributed by atoms with van der Waals surface area (Å²) in [5.41, 5.74) is 0.997. The molecule has 0 bridgehead atoms. The van der Waals surface area contributed by atoms with Gasteiger partial charge in [-0.15, -0.1) is 0 Å². The van der Waals surface area contributed by atoms with Gasteiger partial charge >= 0.3 is 12.1 Å². The summed E-state index contributed by atoms with van der Waals surface area (Å²) in [5, 5.41) is 13.1. The van der Waals surface area contributed by atoms with Crippen molar-refractivity contribution in [3.63, 3.8) is 0 Å². The second-order valence-electron chi connectivity index (χ2n) is 5.87. The third-order valence-corrected chi connectivity index (χ3v) is 5.60. The number of nitrogens with one attached hydrogen (secondary N) is 1. The molecule has 2 rings (SSSR count). The number of ether oxygens (including phenoxy) is 2. The molecule has 0 aliphatic rings. The average molecular weight is 612 g/mol. The predicted octanol–water partition coefficient (Wildman–Crippen LogP) is 6.22. The minimum atomic E-state index is -0.756. The summed E-state index contributed by atoms with van der Waals surface area (Å²) in [6.45, 7) is 0.156. The smallest absolute Gasteiger partial charge is 0.412 e. The van der Waals surface area contributed by atoms with Crippen LogP contribution >= 0.6 is 60.4 Å². The van der Waals surface area contributed by atoms with Crippen molar-refractivity contribution in [2.24, 2.45) is 0 Å². The fourth-order valence-corrected chi connectivity index (χ4v) is 4.03. The Kier molecular flexibility index (Phi) is 9.81. The number of thiol groups is 1. The zero-order valence-corrected chi connectivity index (χ0v) is 20.7. The molecule has 2 aromatic carbocycles. The normalized spacial score (nSPS) is 11.6. The number of aromatic hydroxyl groups is 1. The third kappa shape index (κ3) is 7.84. The summed E-state index contributed by atoms with van der Waals surface area (Å²) in [7, 11) is 0. The van der Waals surface area contributed by atoms with Gasteiger partial charge in [0.1, 0.15) is 11.9 Å². The standard InChI is InChI=1S/C19H18Br3NO5S/c20-11-3-5-13(6-4-11)23-19(26)28-16(2-1-7-27-17(24)10-29)14-8-12(21)9-15(22)18(14)25/h3-6,8-9,16,25,29H,1-2,7,10H2,(H,23,26)/t16-/m1/s1. The monoisotopic (exact) mass is 609 g/mol. The lowest BCUT2D eigenvalue weighted by molar-refractivity contribution is -0.140. The Bertz CT molecular complexity index is 864. The first-order valence-corrected chi connectivity index (χ1v) is 11.5. The van der Waals surface area contributed by atoms with Crippen molar-refractivity contribution in [2.75, 3.05) is 17.7 Å².